The van der Waals surface area contributed by atoms with Crippen LogP contribution in [-0.2, 0) is 4.79 Å². The van der Waals surface area contributed by atoms with E-state index >= 15 is 0 Å². The van der Waals surface area contributed by atoms with Crippen LogP contribution in [0, 0.1) is 0 Å². The number of hydrogen-bond acceptors (Lipinski definition) is 3. The molecule has 1 aliphatic rings. The van der Waals surface area contributed by atoms with Crippen molar-refractivity contribution in [3.05, 3.63) is 26.3 Å². The highest BCUT2D eigenvalue weighted by Crippen LogP contribution is 2.18. The average Bonchev–Trinajstić information content (AvgIpc) is 2.35. The first-order valence-corrected chi connectivity index (χ1v) is 5.12. The summed E-state index contributed by atoms with van der Waals surface area (Å²) >= 11 is 0. The van der Waals surface area contributed by atoms with E-state index in [-0.39, 0.29) is 11.3 Å². The van der Waals surface area contributed by atoms with Crippen LogP contribution in [0.15, 0.2) is 26.3 Å². The van der Waals surface area contributed by atoms with E-state index in [1.165, 1.54) is 0 Å². The van der Waals surface area contributed by atoms with Gasteiger partial charge in [0.15, 0.2) is 0 Å². The monoisotopic (exact) mass is 212 g/mol. The van der Waals surface area contributed by atoms with E-state index in [1.54, 1.807) is 6.92 Å². The molecule has 0 aromatic heterocycles. The molecule has 1 fully saturated rings. The lowest BCUT2D eigenvalue weighted by atomic mass is 9.85. The van der Waals surface area contributed by atoms with E-state index in [0.29, 0.717) is 0 Å². The Hall–Kier alpha value is -0.930. The molecule has 1 rings (SSSR count). The average molecular weight is 212 g/mol. The number of nitrogens with one attached hydrogen (secondary N) is 2. The van der Waals surface area contributed by atoms with Gasteiger partial charge < -0.3 is 10.6 Å². The number of carbonyl (C=O) groups is 1. The van der Waals surface area contributed by atoms with Gasteiger partial charge in [0.25, 0.3) is 0 Å². The molecule has 1 heterocycles. The first-order valence-electron chi connectivity index (χ1n) is 5.12. The fourth-order valence-electron chi connectivity index (χ4n) is 1.63. The molecule has 0 aliphatic carbocycles. The number of piperidine rings is 1. The van der Waals surface area contributed by atoms with Gasteiger partial charge in [-0.1, -0.05) is 0 Å². The van der Waals surface area contributed by atoms with Gasteiger partial charge in [-0.3, -0.25) is 4.79 Å². The molecule has 15 heavy (non-hydrogen) atoms. The Labute approximate surface area is 93.6 Å². The Morgan fingerprint density at radius 1 is 1.20 bits per heavy atom. The van der Waals surface area contributed by atoms with E-state index < -0.39 is 0 Å². The third-order valence-corrected chi connectivity index (χ3v) is 2.61. The molecule has 0 bridgehead atoms. The number of likely N-dealkylation sites (N-methyl/N-ethyl adjacent to an activating group) is 1. The smallest absolute Gasteiger partial charge is 0.149 e. The Morgan fingerprint density at radius 3 is 1.80 bits per heavy atom. The molecular weight excluding hydrogens is 188 g/mol. The van der Waals surface area contributed by atoms with Crippen LogP contribution in [0.3, 0.4) is 0 Å². The molecule has 0 unspecified atom stereocenters. The Balaban J connectivity index is 0. The fourth-order valence-corrected chi connectivity index (χ4v) is 1.63. The van der Waals surface area contributed by atoms with E-state index in [1.807, 2.05) is 7.05 Å². The second kappa shape index (κ2) is 9.62. The molecule has 1 saturated heterocycles. The van der Waals surface area contributed by atoms with E-state index in [9.17, 15) is 4.79 Å². The van der Waals surface area contributed by atoms with Gasteiger partial charge in [-0.25, -0.2) is 0 Å². The van der Waals surface area contributed by atoms with Gasteiger partial charge in [0.1, 0.15) is 5.78 Å². The van der Waals surface area contributed by atoms with Crippen LogP contribution in [0.2, 0.25) is 0 Å². The van der Waals surface area contributed by atoms with Gasteiger partial charge in [0.05, 0.1) is 5.54 Å². The van der Waals surface area contributed by atoms with Crippen LogP contribution in [0.25, 0.3) is 0 Å². The van der Waals surface area contributed by atoms with Crippen LogP contribution in [-0.4, -0.2) is 31.5 Å². The first kappa shape index (κ1) is 16.5. The lowest BCUT2D eigenvalue weighted by Gasteiger charge is -2.34. The van der Waals surface area contributed by atoms with Crippen molar-refractivity contribution in [1.82, 2.24) is 10.6 Å². The molecule has 3 heteroatoms. The molecule has 0 aromatic carbocycles. The van der Waals surface area contributed by atoms with Crippen molar-refractivity contribution in [3.8, 4) is 0 Å². The lowest BCUT2D eigenvalue weighted by Crippen LogP contribution is -2.55. The van der Waals surface area contributed by atoms with Gasteiger partial charge in [0, 0.05) is 0 Å². The molecule has 0 saturated carbocycles. The summed E-state index contributed by atoms with van der Waals surface area (Å²) in [4.78, 5) is 11.3. The molecule has 88 valence electrons. The van der Waals surface area contributed by atoms with Crippen LogP contribution >= 0.6 is 0 Å². The quantitative estimate of drug-likeness (QED) is 0.682. The molecule has 2 N–H and O–H groups in total. The van der Waals surface area contributed by atoms with Crippen molar-refractivity contribution in [2.75, 3.05) is 20.1 Å². The minimum absolute atomic E-state index is 0.231. The van der Waals surface area contributed by atoms with Crippen LogP contribution in [0.4, 0.5) is 0 Å². The third-order valence-electron chi connectivity index (χ3n) is 2.61. The van der Waals surface area contributed by atoms with Crippen molar-refractivity contribution in [3.63, 3.8) is 0 Å². The zero-order valence-electron chi connectivity index (χ0n) is 10.1. The Morgan fingerprint density at radius 2 is 1.60 bits per heavy atom. The van der Waals surface area contributed by atoms with Gasteiger partial charge in [0.2, 0.25) is 0 Å². The minimum Gasteiger partial charge on any atom is -0.317 e. The van der Waals surface area contributed by atoms with E-state index in [4.69, 9.17) is 0 Å². The van der Waals surface area contributed by atoms with Crippen LogP contribution in [0.5, 0.6) is 0 Å². The second-order valence-corrected chi connectivity index (χ2v) is 3.14. The third kappa shape index (κ3) is 4.91. The number of Topliss-reactive ketones (excluding diaryl/α,β-unsaturated/α-hetero) is 1. The standard InChI is InChI=1S/C8H16N2O.2C2H4/c1-7(11)8(9-2)3-5-10-6-4-8;2*1-2/h9-10H,3-6H2,1-2H3;2*1-2H2. The summed E-state index contributed by atoms with van der Waals surface area (Å²) in [6.07, 6.45) is 1.83. The zero-order chi connectivity index (χ0) is 12.3. The number of hydrogen-bond donors (Lipinski definition) is 2. The molecule has 0 aromatic rings. The summed E-state index contributed by atoms with van der Waals surface area (Å²) in [5.74, 6) is 0.265. The Kier molecular flexibility index (Phi) is 10.6. The van der Waals surface area contributed by atoms with Crippen LogP contribution < -0.4 is 10.6 Å². The molecule has 0 spiro atoms. The van der Waals surface area contributed by atoms with Crippen LogP contribution in [0.1, 0.15) is 19.8 Å². The highest BCUT2D eigenvalue weighted by atomic mass is 16.1. The summed E-state index contributed by atoms with van der Waals surface area (Å²) < 4.78 is 0. The summed E-state index contributed by atoms with van der Waals surface area (Å²) in [6, 6.07) is 0. The van der Waals surface area contributed by atoms with Crippen molar-refractivity contribution in [2.24, 2.45) is 0 Å². The van der Waals surface area contributed by atoms with E-state index in [0.717, 1.165) is 25.9 Å². The molecule has 0 atom stereocenters. The minimum atomic E-state index is -0.231. The topological polar surface area (TPSA) is 41.1 Å². The highest BCUT2D eigenvalue weighted by Gasteiger charge is 2.34. The van der Waals surface area contributed by atoms with Crippen molar-refractivity contribution in [2.45, 2.75) is 25.3 Å². The molecular formula is C12H24N2O. The summed E-state index contributed by atoms with van der Waals surface area (Å²) in [5.41, 5.74) is -0.231. The molecule has 3 nitrogen and oxygen atoms in total. The SMILES string of the molecule is C=C.C=C.CNC1(C(C)=O)CCNCC1. The van der Waals surface area contributed by atoms with Crippen molar-refractivity contribution in [1.29, 1.82) is 0 Å². The predicted octanol–water partition coefficient (Wildman–Crippen LogP) is 1.52. The normalized spacial score (nSPS) is 17.5. The maximum absolute atomic E-state index is 11.3. The summed E-state index contributed by atoms with van der Waals surface area (Å²) in [7, 11) is 1.87. The van der Waals surface area contributed by atoms with E-state index in [2.05, 4.69) is 36.9 Å². The van der Waals surface area contributed by atoms with Crippen molar-refractivity contribution >= 4 is 5.78 Å². The van der Waals surface area contributed by atoms with Gasteiger partial charge in [-0.05, 0) is 39.9 Å². The van der Waals surface area contributed by atoms with Gasteiger partial charge >= 0.3 is 0 Å². The number of ketones is 1. The second-order valence-electron chi connectivity index (χ2n) is 3.14. The van der Waals surface area contributed by atoms with Gasteiger partial charge in [-0.2, -0.15) is 0 Å². The fraction of sp³-hybridized carbons (Fsp3) is 0.583. The predicted molar refractivity (Wildman–Crippen MR) is 67.1 cm³/mol. The number of rotatable bonds is 2. The highest BCUT2D eigenvalue weighted by molar-refractivity contribution is 5.86. The summed E-state index contributed by atoms with van der Waals surface area (Å²) in [6.45, 7) is 15.6. The lowest BCUT2D eigenvalue weighted by molar-refractivity contribution is -0.124. The molecule has 0 amide bonds. The first-order chi connectivity index (χ1) is 7.21. The maximum Gasteiger partial charge on any atom is 0.149 e. The largest absolute Gasteiger partial charge is 0.317 e. The molecule has 1 aliphatic heterocycles. The molecule has 0 radical (unpaired) electrons. The van der Waals surface area contributed by atoms with Gasteiger partial charge in [-0.15, -0.1) is 26.3 Å². The van der Waals surface area contributed by atoms with Crippen molar-refractivity contribution < 1.29 is 4.79 Å². The number of carbonyl (C=O) groups excluding carboxylic acids is 1. The summed E-state index contributed by atoms with van der Waals surface area (Å²) in [5, 5.41) is 6.36. The maximum atomic E-state index is 11.3. The Bertz CT molecular complexity index is 172. The zero-order valence-corrected chi connectivity index (χ0v) is 10.1.